The number of nitrogens with one attached hydrogen (secondary N) is 1. The van der Waals surface area contributed by atoms with Crippen LogP contribution in [0.5, 0.6) is 0 Å². The smallest absolute Gasteiger partial charge is 0.208 e. The molecule has 0 saturated carbocycles. The van der Waals surface area contributed by atoms with Crippen LogP contribution in [0.3, 0.4) is 0 Å². The quantitative estimate of drug-likeness (QED) is 0.856. The zero-order valence-corrected chi connectivity index (χ0v) is 11.2. The molecule has 0 unspecified atom stereocenters. The predicted molar refractivity (Wildman–Crippen MR) is 71.2 cm³/mol. The minimum absolute atomic E-state index is 0.346. The zero-order valence-electron chi connectivity index (χ0n) is 10.3. The molecule has 92 valence electrons. The van der Waals surface area contributed by atoms with E-state index in [1.807, 2.05) is 24.3 Å². The number of hydrogen-bond acceptors (Lipinski definition) is 4. The van der Waals surface area contributed by atoms with E-state index in [0.717, 1.165) is 16.5 Å². The second-order valence-electron chi connectivity index (χ2n) is 4.22. The Bertz CT molecular complexity index is 568. The predicted octanol–water partition coefficient (Wildman–Crippen LogP) is 3.09. The second kappa shape index (κ2) is 5.69. The molecule has 18 heavy (non-hydrogen) atoms. The van der Waals surface area contributed by atoms with Crippen molar-refractivity contribution in [2.45, 2.75) is 30.7 Å². The molecule has 1 N–H and O–H groups in total. The highest BCUT2D eigenvalue weighted by Crippen LogP contribution is 2.22. The normalized spacial score (nSPS) is 10.6. The Hall–Kier alpha value is -1.80. The topological polar surface area (TPSA) is 65.4 Å². The summed E-state index contributed by atoms with van der Waals surface area (Å²) >= 11 is 1.54. The van der Waals surface area contributed by atoms with Crippen molar-refractivity contribution in [2.24, 2.45) is 0 Å². The third kappa shape index (κ3) is 2.90. The van der Waals surface area contributed by atoms with Gasteiger partial charge in [0.25, 0.3) is 0 Å². The Morgan fingerprint density at radius 3 is 2.83 bits per heavy atom. The fraction of sp³-hybridized carbons (Fsp3) is 0.308. The van der Waals surface area contributed by atoms with Gasteiger partial charge in [0.15, 0.2) is 0 Å². The van der Waals surface area contributed by atoms with Crippen LogP contribution < -0.4 is 0 Å². The van der Waals surface area contributed by atoms with Crippen molar-refractivity contribution in [2.75, 3.05) is 0 Å². The third-order valence-corrected chi connectivity index (χ3v) is 3.42. The van der Waals surface area contributed by atoms with Crippen molar-refractivity contribution in [3.63, 3.8) is 0 Å². The van der Waals surface area contributed by atoms with Crippen LogP contribution in [0.1, 0.15) is 36.7 Å². The zero-order chi connectivity index (χ0) is 13.0. The summed E-state index contributed by atoms with van der Waals surface area (Å²) in [5, 5.41) is 16.8. The number of H-pyrrole nitrogens is 1. The maximum Gasteiger partial charge on any atom is 0.208 e. The van der Waals surface area contributed by atoms with Crippen LogP contribution in [0.4, 0.5) is 0 Å². The summed E-state index contributed by atoms with van der Waals surface area (Å²) in [7, 11) is 0. The lowest BCUT2D eigenvalue weighted by molar-refractivity contribution is 0.780. The van der Waals surface area contributed by atoms with Gasteiger partial charge in [-0.15, -0.1) is 5.10 Å². The standard InChI is InChI=1S/C13H14N4S/c1-9(2)12-15-13(17-16-12)18-8-11-6-4-3-5-10(11)7-14/h3-6,9H,8H2,1-2H3,(H,15,16,17). The van der Waals surface area contributed by atoms with E-state index >= 15 is 0 Å². The fourth-order valence-corrected chi connectivity index (χ4v) is 2.29. The maximum absolute atomic E-state index is 9.00. The van der Waals surface area contributed by atoms with Crippen LogP contribution in [-0.4, -0.2) is 15.2 Å². The van der Waals surface area contributed by atoms with Crippen LogP contribution >= 0.6 is 11.8 Å². The van der Waals surface area contributed by atoms with Crippen molar-refractivity contribution in [3.05, 3.63) is 41.2 Å². The summed E-state index contributed by atoms with van der Waals surface area (Å²) in [6.07, 6.45) is 0. The lowest BCUT2D eigenvalue weighted by Crippen LogP contribution is -1.89. The van der Waals surface area contributed by atoms with Gasteiger partial charge >= 0.3 is 0 Å². The van der Waals surface area contributed by atoms with Crippen molar-refractivity contribution in [3.8, 4) is 6.07 Å². The first kappa shape index (κ1) is 12.7. The third-order valence-electron chi connectivity index (χ3n) is 2.52. The highest BCUT2D eigenvalue weighted by molar-refractivity contribution is 7.98. The molecule has 0 amide bonds. The van der Waals surface area contributed by atoms with E-state index in [0.29, 0.717) is 17.2 Å². The highest BCUT2D eigenvalue weighted by Gasteiger charge is 2.08. The molecule has 0 aliphatic carbocycles. The monoisotopic (exact) mass is 258 g/mol. The second-order valence-corrected chi connectivity index (χ2v) is 5.16. The number of benzene rings is 1. The Kier molecular flexibility index (Phi) is 4.00. The van der Waals surface area contributed by atoms with E-state index in [2.05, 4.69) is 35.1 Å². The Labute approximate surface area is 110 Å². The number of hydrogen-bond donors (Lipinski definition) is 1. The summed E-state index contributed by atoms with van der Waals surface area (Å²) in [5.74, 6) is 1.95. The molecule has 1 aromatic heterocycles. The number of aromatic amines is 1. The van der Waals surface area contributed by atoms with Gasteiger partial charge in [-0.05, 0) is 11.6 Å². The van der Waals surface area contributed by atoms with Crippen molar-refractivity contribution < 1.29 is 0 Å². The summed E-state index contributed by atoms with van der Waals surface area (Å²) in [6.45, 7) is 4.14. The molecule has 0 saturated heterocycles. The lowest BCUT2D eigenvalue weighted by Gasteiger charge is -2.00. The average molecular weight is 258 g/mol. The Balaban J connectivity index is 2.05. The maximum atomic E-state index is 9.00. The van der Waals surface area contributed by atoms with Crippen LogP contribution in [-0.2, 0) is 5.75 Å². The molecule has 0 spiro atoms. The molecular weight excluding hydrogens is 244 g/mol. The van der Waals surface area contributed by atoms with E-state index in [4.69, 9.17) is 5.26 Å². The lowest BCUT2D eigenvalue weighted by atomic mass is 10.1. The number of aromatic nitrogens is 3. The molecule has 5 heteroatoms. The first-order chi connectivity index (χ1) is 8.70. The number of nitriles is 1. The molecule has 2 aromatic rings. The van der Waals surface area contributed by atoms with Gasteiger partial charge in [0.05, 0.1) is 11.6 Å². The van der Waals surface area contributed by atoms with Crippen molar-refractivity contribution in [1.29, 1.82) is 5.26 Å². The van der Waals surface area contributed by atoms with Crippen molar-refractivity contribution >= 4 is 11.8 Å². The number of thioether (sulfide) groups is 1. The van der Waals surface area contributed by atoms with Gasteiger partial charge in [0, 0.05) is 11.7 Å². The Morgan fingerprint density at radius 2 is 2.17 bits per heavy atom. The Morgan fingerprint density at radius 1 is 1.39 bits per heavy atom. The number of rotatable bonds is 4. The summed E-state index contributed by atoms with van der Waals surface area (Å²) < 4.78 is 0. The molecule has 1 aromatic carbocycles. The molecular formula is C13H14N4S. The molecule has 4 nitrogen and oxygen atoms in total. The SMILES string of the molecule is CC(C)c1nc(SCc2ccccc2C#N)n[nH]1. The molecule has 0 bridgehead atoms. The molecule has 0 aliphatic rings. The van der Waals surface area contributed by atoms with E-state index < -0.39 is 0 Å². The van der Waals surface area contributed by atoms with Gasteiger partial charge in [-0.25, -0.2) is 4.98 Å². The molecule has 0 atom stereocenters. The van der Waals surface area contributed by atoms with E-state index in [9.17, 15) is 0 Å². The highest BCUT2D eigenvalue weighted by atomic mass is 32.2. The van der Waals surface area contributed by atoms with Gasteiger partial charge in [-0.3, -0.25) is 5.10 Å². The van der Waals surface area contributed by atoms with Crippen LogP contribution in [0.15, 0.2) is 29.4 Å². The minimum Gasteiger partial charge on any atom is -0.262 e. The molecule has 0 aliphatic heterocycles. The van der Waals surface area contributed by atoms with Gasteiger partial charge in [-0.1, -0.05) is 43.8 Å². The van der Waals surface area contributed by atoms with Gasteiger partial charge in [-0.2, -0.15) is 5.26 Å². The van der Waals surface area contributed by atoms with Gasteiger partial charge in [0.1, 0.15) is 5.82 Å². The minimum atomic E-state index is 0.346. The van der Waals surface area contributed by atoms with E-state index in [1.54, 1.807) is 0 Å². The largest absolute Gasteiger partial charge is 0.262 e. The number of nitrogens with zero attached hydrogens (tertiary/aromatic N) is 3. The summed E-state index contributed by atoms with van der Waals surface area (Å²) in [6, 6.07) is 9.79. The molecule has 2 rings (SSSR count). The fourth-order valence-electron chi connectivity index (χ4n) is 1.48. The van der Waals surface area contributed by atoms with E-state index in [1.165, 1.54) is 11.8 Å². The first-order valence-electron chi connectivity index (χ1n) is 5.74. The van der Waals surface area contributed by atoms with E-state index in [-0.39, 0.29) is 0 Å². The first-order valence-corrected chi connectivity index (χ1v) is 6.72. The molecule has 1 heterocycles. The van der Waals surface area contributed by atoms with Crippen LogP contribution in [0, 0.1) is 11.3 Å². The summed E-state index contributed by atoms with van der Waals surface area (Å²) in [4.78, 5) is 4.39. The van der Waals surface area contributed by atoms with Crippen LogP contribution in [0.2, 0.25) is 0 Å². The van der Waals surface area contributed by atoms with Crippen molar-refractivity contribution in [1.82, 2.24) is 15.2 Å². The van der Waals surface area contributed by atoms with Gasteiger partial charge < -0.3 is 0 Å². The summed E-state index contributed by atoms with van der Waals surface area (Å²) in [5.41, 5.74) is 1.73. The average Bonchev–Trinajstić information content (AvgIpc) is 2.85. The van der Waals surface area contributed by atoms with Crippen LogP contribution in [0.25, 0.3) is 0 Å². The molecule has 0 radical (unpaired) electrons. The van der Waals surface area contributed by atoms with Gasteiger partial charge in [0.2, 0.25) is 5.16 Å². The molecule has 0 fully saturated rings.